The van der Waals surface area contributed by atoms with Crippen LogP contribution in [0, 0.1) is 6.92 Å². The van der Waals surface area contributed by atoms with E-state index in [-0.39, 0.29) is 0 Å². The molecule has 1 heterocycles. The molecular weight excluding hydrogens is 210 g/mol. The first-order chi connectivity index (χ1) is 4.66. The summed E-state index contributed by atoms with van der Waals surface area (Å²) in [6, 6.07) is 0. The average molecular weight is 216 g/mol. The molecular formula is C6H5Cl3S. The molecule has 0 unspecified atom stereocenters. The highest BCUT2D eigenvalue weighted by molar-refractivity contribution is 7.17. The lowest BCUT2D eigenvalue weighted by Gasteiger charge is -1.89. The van der Waals surface area contributed by atoms with Gasteiger partial charge in [-0.15, -0.1) is 22.9 Å². The third-order valence-electron chi connectivity index (χ3n) is 1.19. The number of hydrogen-bond donors (Lipinski definition) is 0. The molecule has 0 aromatic carbocycles. The van der Waals surface area contributed by atoms with Crippen molar-refractivity contribution in [1.82, 2.24) is 0 Å². The first-order valence-corrected chi connectivity index (χ1v) is 4.76. The zero-order valence-corrected chi connectivity index (χ0v) is 8.33. The van der Waals surface area contributed by atoms with Crippen molar-refractivity contribution in [1.29, 1.82) is 0 Å². The lowest BCUT2D eigenvalue weighted by molar-refractivity contribution is 1.44. The molecule has 0 nitrogen and oxygen atoms in total. The summed E-state index contributed by atoms with van der Waals surface area (Å²) in [6.45, 7) is 1.93. The summed E-state index contributed by atoms with van der Waals surface area (Å²) in [4.78, 5) is 1.03. The summed E-state index contributed by atoms with van der Waals surface area (Å²) in [5.41, 5.74) is 0.854. The monoisotopic (exact) mass is 214 g/mol. The minimum atomic E-state index is 0.391. The minimum Gasteiger partial charge on any atom is -0.127 e. The van der Waals surface area contributed by atoms with Gasteiger partial charge in [-0.05, 0) is 6.92 Å². The quantitative estimate of drug-likeness (QED) is 0.619. The summed E-state index contributed by atoms with van der Waals surface area (Å²) >= 11 is 18.7. The lowest BCUT2D eigenvalue weighted by atomic mass is 10.3. The van der Waals surface area contributed by atoms with E-state index in [0.29, 0.717) is 15.2 Å². The Bertz CT molecular complexity index is 241. The smallest absolute Gasteiger partial charge is 0.0990 e. The second-order valence-corrected chi connectivity index (χ2v) is 4.33. The maximum absolute atomic E-state index is 5.86. The van der Waals surface area contributed by atoms with Crippen LogP contribution in [0.25, 0.3) is 0 Å². The van der Waals surface area contributed by atoms with Crippen LogP contribution in [0.15, 0.2) is 0 Å². The Morgan fingerprint density at radius 2 is 2.00 bits per heavy atom. The van der Waals surface area contributed by atoms with Crippen LogP contribution in [0.5, 0.6) is 0 Å². The number of rotatable bonds is 1. The molecule has 1 rings (SSSR count). The first-order valence-electron chi connectivity index (χ1n) is 2.66. The molecule has 0 spiro atoms. The summed E-state index contributed by atoms with van der Waals surface area (Å²) in [6.07, 6.45) is 0. The molecule has 0 saturated heterocycles. The topological polar surface area (TPSA) is 0 Å². The second-order valence-electron chi connectivity index (χ2n) is 1.86. The number of alkyl halides is 1. The van der Waals surface area contributed by atoms with Crippen LogP contribution in [0.4, 0.5) is 0 Å². The molecule has 0 aliphatic rings. The fourth-order valence-electron chi connectivity index (χ4n) is 0.651. The highest BCUT2D eigenvalue weighted by Gasteiger charge is 2.10. The van der Waals surface area contributed by atoms with Gasteiger partial charge in [0.2, 0.25) is 0 Å². The minimum absolute atomic E-state index is 0.391. The van der Waals surface area contributed by atoms with Crippen LogP contribution in [0.2, 0.25) is 9.36 Å². The maximum atomic E-state index is 5.86. The SMILES string of the molecule is Cc1sc(Cl)c(CCl)c1Cl. The van der Waals surface area contributed by atoms with Gasteiger partial charge in [-0.1, -0.05) is 23.2 Å². The average Bonchev–Trinajstić information content (AvgIpc) is 2.09. The number of hydrogen-bond acceptors (Lipinski definition) is 1. The van der Waals surface area contributed by atoms with Gasteiger partial charge in [-0.3, -0.25) is 0 Å². The molecule has 4 heteroatoms. The van der Waals surface area contributed by atoms with Gasteiger partial charge >= 0.3 is 0 Å². The lowest BCUT2D eigenvalue weighted by Crippen LogP contribution is -1.72. The van der Waals surface area contributed by atoms with Crippen molar-refractivity contribution in [3.8, 4) is 0 Å². The van der Waals surface area contributed by atoms with Gasteiger partial charge in [0.1, 0.15) is 0 Å². The highest BCUT2D eigenvalue weighted by atomic mass is 35.5. The third kappa shape index (κ3) is 1.42. The molecule has 1 aromatic rings. The van der Waals surface area contributed by atoms with Gasteiger partial charge in [0, 0.05) is 10.4 Å². The summed E-state index contributed by atoms with van der Waals surface area (Å²) < 4.78 is 0.706. The molecule has 56 valence electrons. The van der Waals surface area contributed by atoms with E-state index < -0.39 is 0 Å². The van der Waals surface area contributed by atoms with Crippen molar-refractivity contribution in [2.45, 2.75) is 12.8 Å². The van der Waals surface area contributed by atoms with Crippen molar-refractivity contribution in [2.24, 2.45) is 0 Å². The van der Waals surface area contributed by atoms with Crippen molar-refractivity contribution < 1.29 is 0 Å². The standard InChI is InChI=1S/C6H5Cl3S/c1-3-5(8)4(2-7)6(9)10-3/h2H2,1H3. The predicted molar refractivity (Wildman–Crippen MR) is 48.6 cm³/mol. The second kappa shape index (κ2) is 3.31. The van der Waals surface area contributed by atoms with Gasteiger partial charge < -0.3 is 0 Å². The van der Waals surface area contributed by atoms with Crippen molar-refractivity contribution in [3.05, 3.63) is 19.8 Å². The Morgan fingerprint density at radius 3 is 2.20 bits per heavy atom. The van der Waals surface area contributed by atoms with Crippen molar-refractivity contribution in [2.75, 3.05) is 0 Å². The molecule has 0 radical (unpaired) electrons. The van der Waals surface area contributed by atoms with Gasteiger partial charge in [0.05, 0.1) is 15.2 Å². The van der Waals surface area contributed by atoms with Crippen molar-refractivity contribution in [3.63, 3.8) is 0 Å². The molecule has 0 aliphatic carbocycles. The molecule has 10 heavy (non-hydrogen) atoms. The van der Waals surface area contributed by atoms with E-state index in [1.807, 2.05) is 6.92 Å². The summed E-state index contributed by atoms with van der Waals surface area (Å²) in [5, 5.41) is 0.713. The Labute approximate surface area is 78.7 Å². The molecule has 0 atom stereocenters. The fraction of sp³-hybridized carbons (Fsp3) is 0.333. The van der Waals surface area contributed by atoms with Crippen molar-refractivity contribution >= 4 is 46.1 Å². The van der Waals surface area contributed by atoms with E-state index in [1.54, 1.807) is 0 Å². The van der Waals surface area contributed by atoms with E-state index in [9.17, 15) is 0 Å². The molecule has 0 N–H and O–H groups in total. The van der Waals surface area contributed by atoms with Crippen LogP contribution < -0.4 is 0 Å². The molecule has 0 fully saturated rings. The zero-order valence-electron chi connectivity index (χ0n) is 5.25. The number of thiophene rings is 1. The zero-order chi connectivity index (χ0) is 7.72. The van der Waals surface area contributed by atoms with Crippen LogP contribution in [-0.4, -0.2) is 0 Å². The summed E-state index contributed by atoms with van der Waals surface area (Å²) in [5.74, 6) is 0.391. The molecule has 0 bridgehead atoms. The Balaban J connectivity index is 3.20. The predicted octanol–water partition coefficient (Wildman–Crippen LogP) is 4.10. The Hall–Kier alpha value is 0.570. The molecule has 0 aliphatic heterocycles. The van der Waals surface area contributed by atoms with Crippen LogP contribution >= 0.6 is 46.1 Å². The molecule has 1 aromatic heterocycles. The molecule has 0 amide bonds. The van der Waals surface area contributed by atoms with E-state index >= 15 is 0 Å². The van der Waals surface area contributed by atoms with E-state index in [4.69, 9.17) is 34.8 Å². The maximum Gasteiger partial charge on any atom is 0.0990 e. The van der Waals surface area contributed by atoms with Crippen LogP contribution in [-0.2, 0) is 5.88 Å². The van der Waals surface area contributed by atoms with E-state index in [1.165, 1.54) is 11.3 Å². The largest absolute Gasteiger partial charge is 0.127 e. The highest BCUT2D eigenvalue weighted by Crippen LogP contribution is 2.36. The van der Waals surface area contributed by atoms with Gasteiger partial charge in [0.15, 0.2) is 0 Å². The Kier molecular flexibility index (Phi) is 2.87. The molecule has 0 saturated carbocycles. The van der Waals surface area contributed by atoms with Gasteiger partial charge in [-0.25, -0.2) is 0 Å². The van der Waals surface area contributed by atoms with E-state index in [0.717, 1.165) is 10.4 Å². The van der Waals surface area contributed by atoms with Gasteiger partial charge in [-0.2, -0.15) is 0 Å². The first kappa shape index (κ1) is 8.66. The number of aryl methyl sites for hydroxylation is 1. The van der Waals surface area contributed by atoms with Gasteiger partial charge in [0.25, 0.3) is 0 Å². The van der Waals surface area contributed by atoms with E-state index in [2.05, 4.69) is 0 Å². The Morgan fingerprint density at radius 1 is 1.40 bits per heavy atom. The summed E-state index contributed by atoms with van der Waals surface area (Å²) in [7, 11) is 0. The number of halogens is 3. The van der Waals surface area contributed by atoms with Crippen LogP contribution in [0.3, 0.4) is 0 Å². The fourth-order valence-corrected chi connectivity index (χ4v) is 2.80. The van der Waals surface area contributed by atoms with Crippen LogP contribution in [0.1, 0.15) is 10.4 Å². The normalized spacial score (nSPS) is 10.4. The third-order valence-corrected chi connectivity index (χ3v) is 3.47.